The van der Waals surface area contributed by atoms with Crippen molar-refractivity contribution in [2.45, 2.75) is 12.0 Å². The second kappa shape index (κ2) is 7.14. The Morgan fingerprint density at radius 2 is 1.67 bits per heavy atom. The quantitative estimate of drug-likeness (QED) is 0.804. The summed E-state index contributed by atoms with van der Waals surface area (Å²) in [6.07, 6.45) is 0.169. The van der Waals surface area contributed by atoms with Gasteiger partial charge in [0.2, 0.25) is 5.75 Å². The topological polar surface area (TPSA) is 95.2 Å². The van der Waals surface area contributed by atoms with E-state index >= 15 is 0 Å². The number of ether oxygens (including phenoxy) is 3. The number of methoxy groups -OCH3 is 3. The molecule has 3 N–H and O–H groups in total. The number of amides is 1. The number of rotatable bonds is 6. The fraction of sp³-hybridized carbons (Fsp3) is 0.263. The zero-order chi connectivity index (χ0) is 19.6. The summed E-state index contributed by atoms with van der Waals surface area (Å²) in [6.45, 7) is 0. The molecule has 0 bridgehead atoms. The Hall–Kier alpha value is -3.29. The second-order valence-corrected chi connectivity index (χ2v) is 6.03. The van der Waals surface area contributed by atoms with E-state index in [0.717, 1.165) is 0 Å². The van der Waals surface area contributed by atoms with Crippen LogP contribution in [0, 0.1) is 5.82 Å². The Morgan fingerprint density at radius 3 is 2.11 bits per heavy atom. The largest absolute Gasteiger partial charge is 0.493 e. The second-order valence-electron chi connectivity index (χ2n) is 6.03. The van der Waals surface area contributed by atoms with Crippen molar-refractivity contribution in [3.8, 4) is 17.2 Å². The van der Waals surface area contributed by atoms with Crippen molar-refractivity contribution in [3.63, 3.8) is 0 Å². The predicted octanol–water partition coefficient (Wildman–Crippen LogP) is 1.73. The zero-order valence-corrected chi connectivity index (χ0v) is 15.2. The van der Waals surface area contributed by atoms with Gasteiger partial charge in [-0.3, -0.25) is 10.1 Å². The fourth-order valence-electron chi connectivity index (χ4n) is 3.18. The Bertz CT molecular complexity index is 873. The lowest BCUT2D eigenvalue weighted by Gasteiger charge is -2.25. The van der Waals surface area contributed by atoms with Gasteiger partial charge in [0.1, 0.15) is 5.82 Å². The third-order valence-electron chi connectivity index (χ3n) is 4.43. The minimum Gasteiger partial charge on any atom is -0.493 e. The summed E-state index contributed by atoms with van der Waals surface area (Å²) in [4.78, 5) is 17.1. The molecule has 1 unspecified atom stereocenters. The van der Waals surface area contributed by atoms with E-state index in [1.54, 1.807) is 12.1 Å². The molecule has 0 aromatic heterocycles. The average Bonchev–Trinajstić information content (AvgIpc) is 2.95. The fourth-order valence-corrected chi connectivity index (χ4v) is 3.18. The summed E-state index contributed by atoms with van der Waals surface area (Å²) in [7, 11) is 4.53. The normalized spacial score (nSPS) is 18.7. The molecule has 27 heavy (non-hydrogen) atoms. The number of nitrogens with two attached hydrogens (primary N) is 1. The van der Waals surface area contributed by atoms with Crippen molar-refractivity contribution in [3.05, 3.63) is 53.3 Å². The van der Waals surface area contributed by atoms with Crippen LogP contribution in [0.4, 0.5) is 4.39 Å². The number of halogens is 1. The molecule has 0 radical (unpaired) electrons. The molecule has 2 aromatic carbocycles. The first-order chi connectivity index (χ1) is 12.9. The molecule has 7 nitrogen and oxygen atoms in total. The number of carbonyl (C=O) groups excluding carboxylic acids is 1. The van der Waals surface area contributed by atoms with Gasteiger partial charge in [0.25, 0.3) is 5.91 Å². The van der Waals surface area contributed by atoms with Gasteiger partial charge in [-0.2, -0.15) is 0 Å². The third-order valence-corrected chi connectivity index (χ3v) is 4.43. The average molecular weight is 373 g/mol. The molecular formula is C19H20FN3O4. The van der Waals surface area contributed by atoms with E-state index in [2.05, 4.69) is 10.3 Å². The molecule has 0 saturated carbocycles. The van der Waals surface area contributed by atoms with Crippen LogP contribution < -0.4 is 25.3 Å². The summed E-state index contributed by atoms with van der Waals surface area (Å²) >= 11 is 0. The van der Waals surface area contributed by atoms with E-state index in [9.17, 15) is 9.18 Å². The van der Waals surface area contributed by atoms with Gasteiger partial charge in [0.15, 0.2) is 23.0 Å². The minimum absolute atomic E-state index is 0.0109. The highest BCUT2D eigenvalue weighted by Gasteiger charge is 2.45. The van der Waals surface area contributed by atoms with E-state index in [1.165, 1.54) is 45.6 Å². The molecule has 1 aliphatic rings. The van der Waals surface area contributed by atoms with E-state index < -0.39 is 11.4 Å². The first kappa shape index (κ1) is 18.5. The van der Waals surface area contributed by atoms with E-state index in [-0.39, 0.29) is 18.3 Å². The molecule has 1 heterocycles. The molecule has 1 aliphatic heterocycles. The molecule has 0 saturated heterocycles. The van der Waals surface area contributed by atoms with Crippen LogP contribution in [0.3, 0.4) is 0 Å². The highest BCUT2D eigenvalue weighted by molar-refractivity contribution is 6.07. The Balaban J connectivity index is 2.11. The van der Waals surface area contributed by atoms with Crippen LogP contribution in [-0.2, 0) is 16.8 Å². The van der Waals surface area contributed by atoms with Crippen molar-refractivity contribution in [1.29, 1.82) is 0 Å². The summed E-state index contributed by atoms with van der Waals surface area (Å²) in [5.41, 5.74) is 5.67. The van der Waals surface area contributed by atoms with Gasteiger partial charge < -0.3 is 19.9 Å². The number of carbonyl (C=O) groups is 1. The maximum Gasteiger partial charge on any atom is 0.259 e. The lowest BCUT2D eigenvalue weighted by atomic mass is 9.84. The smallest absolute Gasteiger partial charge is 0.259 e. The Kier molecular flexibility index (Phi) is 4.89. The summed E-state index contributed by atoms with van der Waals surface area (Å²) in [5.74, 6) is 0.570. The lowest BCUT2D eigenvalue weighted by Crippen LogP contribution is -2.40. The van der Waals surface area contributed by atoms with Crippen LogP contribution in [0.15, 0.2) is 41.4 Å². The number of nitrogens with zero attached hydrogens (tertiary/aromatic N) is 1. The lowest BCUT2D eigenvalue weighted by molar-refractivity contribution is -0.124. The van der Waals surface area contributed by atoms with Crippen molar-refractivity contribution in [2.75, 3.05) is 21.3 Å². The van der Waals surface area contributed by atoms with E-state index in [0.29, 0.717) is 28.4 Å². The molecule has 2 aromatic rings. The zero-order valence-electron chi connectivity index (χ0n) is 15.2. The third kappa shape index (κ3) is 3.25. The highest BCUT2D eigenvalue weighted by atomic mass is 19.1. The first-order valence-corrected chi connectivity index (χ1v) is 8.15. The molecule has 3 rings (SSSR count). The van der Waals surface area contributed by atoms with Crippen molar-refractivity contribution in [1.82, 2.24) is 5.32 Å². The molecule has 0 spiro atoms. The SMILES string of the molecule is COc1cc(CC2(c3ccc(F)cc3)N=C(N)NC2=O)cc(OC)c1OC. The molecule has 1 atom stereocenters. The molecular weight excluding hydrogens is 353 g/mol. The predicted molar refractivity (Wildman–Crippen MR) is 97.6 cm³/mol. The summed E-state index contributed by atoms with van der Waals surface area (Å²) < 4.78 is 29.4. The maximum absolute atomic E-state index is 13.4. The van der Waals surface area contributed by atoms with Crippen molar-refractivity contribution < 1.29 is 23.4 Å². The molecule has 0 fully saturated rings. The van der Waals surface area contributed by atoms with E-state index in [1.807, 2.05) is 0 Å². The monoisotopic (exact) mass is 373 g/mol. The Morgan fingerprint density at radius 1 is 1.07 bits per heavy atom. The molecule has 1 amide bonds. The minimum atomic E-state index is -1.32. The molecule has 0 aliphatic carbocycles. The van der Waals surface area contributed by atoms with Crippen LogP contribution in [0.25, 0.3) is 0 Å². The maximum atomic E-state index is 13.4. The summed E-state index contributed by atoms with van der Waals surface area (Å²) in [5, 5.41) is 2.53. The van der Waals surface area contributed by atoms with Gasteiger partial charge in [0.05, 0.1) is 21.3 Å². The standard InChI is InChI=1S/C19H20FN3O4/c1-25-14-8-11(9-15(26-2)16(14)27-3)10-19(17(24)22-18(21)23-19)12-4-6-13(20)7-5-12/h4-9H,10H2,1-3H3,(H3,21,22,23,24). The van der Waals surface area contributed by atoms with Gasteiger partial charge in [-0.25, -0.2) is 9.38 Å². The highest BCUT2D eigenvalue weighted by Crippen LogP contribution is 2.41. The number of nitrogens with one attached hydrogen (secondary N) is 1. The van der Waals surface area contributed by atoms with Crippen LogP contribution in [0.5, 0.6) is 17.2 Å². The Labute approximate surface area is 155 Å². The summed E-state index contributed by atoms with van der Waals surface area (Å²) in [6, 6.07) is 9.09. The van der Waals surface area contributed by atoms with Gasteiger partial charge >= 0.3 is 0 Å². The van der Waals surface area contributed by atoms with Crippen LogP contribution in [0.2, 0.25) is 0 Å². The van der Waals surface area contributed by atoms with Gasteiger partial charge in [-0.1, -0.05) is 12.1 Å². The van der Waals surface area contributed by atoms with Crippen LogP contribution in [0.1, 0.15) is 11.1 Å². The van der Waals surface area contributed by atoms with Gasteiger partial charge in [-0.05, 0) is 35.4 Å². The van der Waals surface area contributed by atoms with Crippen LogP contribution in [-0.4, -0.2) is 33.2 Å². The van der Waals surface area contributed by atoms with Crippen molar-refractivity contribution >= 4 is 11.9 Å². The number of benzene rings is 2. The number of hydrogen-bond acceptors (Lipinski definition) is 6. The van der Waals surface area contributed by atoms with Crippen LogP contribution >= 0.6 is 0 Å². The van der Waals surface area contributed by atoms with Gasteiger partial charge in [0, 0.05) is 6.42 Å². The first-order valence-electron chi connectivity index (χ1n) is 8.15. The van der Waals surface area contributed by atoms with Gasteiger partial charge in [-0.15, -0.1) is 0 Å². The van der Waals surface area contributed by atoms with E-state index in [4.69, 9.17) is 19.9 Å². The number of guanidine groups is 1. The van der Waals surface area contributed by atoms with Crippen molar-refractivity contribution in [2.24, 2.45) is 10.7 Å². The number of aliphatic imine (C=N–C) groups is 1. The molecule has 142 valence electrons. The number of hydrogen-bond donors (Lipinski definition) is 2. The molecule has 8 heteroatoms.